The molecule has 0 bridgehead atoms. The van der Waals surface area contributed by atoms with Crippen LogP contribution >= 0.6 is 0 Å². The van der Waals surface area contributed by atoms with Gasteiger partial charge in [0.1, 0.15) is 6.10 Å². The van der Waals surface area contributed by atoms with Gasteiger partial charge in [-0.2, -0.15) is 0 Å². The van der Waals surface area contributed by atoms with E-state index in [1.807, 2.05) is 0 Å². The van der Waals surface area contributed by atoms with E-state index < -0.39 is 6.09 Å². The predicted octanol–water partition coefficient (Wildman–Crippen LogP) is 3.57. The Morgan fingerprint density at radius 3 is 2.48 bits per heavy atom. The number of amides is 2. The molecule has 3 rings (SSSR count). The van der Waals surface area contributed by atoms with Gasteiger partial charge >= 0.3 is 6.09 Å². The molecule has 2 heterocycles. The smallest absolute Gasteiger partial charge is 0.406 e. The molecule has 1 aromatic heterocycles. The SMILES string of the molecule is COCCCc1cc([C@@H](C)N(C(=O)[C@H]2CCCCO2)C2CC2)cc(CCCNC(=O)OC)n1. The molecule has 8 nitrogen and oxygen atoms in total. The second-order valence-electron chi connectivity index (χ2n) is 9.01. The van der Waals surface area contributed by atoms with Crippen LogP contribution in [-0.4, -0.2) is 68.0 Å². The highest BCUT2D eigenvalue weighted by Crippen LogP contribution is 2.36. The first-order valence-corrected chi connectivity index (χ1v) is 12.3. The van der Waals surface area contributed by atoms with Gasteiger partial charge in [-0.05, 0) is 82.4 Å². The molecule has 184 valence electrons. The summed E-state index contributed by atoms with van der Waals surface area (Å²) in [6.07, 6.45) is 7.49. The van der Waals surface area contributed by atoms with Crippen LogP contribution in [0.2, 0.25) is 0 Å². The molecular formula is C25H39N3O5. The number of rotatable bonds is 12. The number of pyridine rings is 1. The topological polar surface area (TPSA) is 90.0 Å². The number of alkyl carbamates (subject to hydrolysis) is 1. The lowest BCUT2D eigenvalue weighted by atomic mass is 10.0. The minimum Gasteiger partial charge on any atom is -0.453 e. The highest BCUT2D eigenvalue weighted by Gasteiger charge is 2.40. The summed E-state index contributed by atoms with van der Waals surface area (Å²) in [5, 5.41) is 2.72. The highest BCUT2D eigenvalue weighted by atomic mass is 16.5. The second kappa shape index (κ2) is 12.9. The van der Waals surface area contributed by atoms with E-state index in [0.29, 0.717) is 25.8 Å². The van der Waals surface area contributed by atoms with E-state index >= 15 is 0 Å². The van der Waals surface area contributed by atoms with Crippen LogP contribution in [0.4, 0.5) is 4.79 Å². The molecule has 2 amide bonds. The zero-order valence-corrected chi connectivity index (χ0v) is 20.3. The fourth-order valence-electron chi connectivity index (χ4n) is 4.40. The lowest BCUT2D eigenvalue weighted by Gasteiger charge is -2.34. The van der Waals surface area contributed by atoms with Crippen molar-refractivity contribution < 1.29 is 23.8 Å². The Morgan fingerprint density at radius 1 is 1.15 bits per heavy atom. The highest BCUT2D eigenvalue weighted by molar-refractivity contribution is 5.82. The van der Waals surface area contributed by atoms with E-state index in [1.165, 1.54) is 7.11 Å². The monoisotopic (exact) mass is 461 g/mol. The maximum Gasteiger partial charge on any atom is 0.406 e. The Balaban J connectivity index is 1.75. The van der Waals surface area contributed by atoms with Crippen molar-refractivity contribution in [1.82, 2.24) is 15.2 Å². The molecule has 0 spiro atoms. The molecule has 1 aliphatic heterocycles. The van der Waals surface area contributed by atoms with Crippen LogP contribution in [0.5, 0.6) is 0 Å². The summed E-state index contributed by atoms with van der Waals surface area (Å²) in [5.41, 5.74) is 3.12. The largest absolute Gasteiger partial charge is 0.453 e. The average molecular weight is 462 g/mol. The molecule has 2 fully saturated rings. The lowest BCUT2D eigenvalue weighted by Crippen LogP contribution is -2.44. The number of hydrogen-bond donors (Lipinski definition) is 1. The molecule has 1 aromatic rings. The Bertz CT molecular complexity index is 777. The van der Waals surface area contributed by atoms with Gasteiger partial charge in [-0.1, -0.05) is 0 Å². The van der Waals surface area contributed by atoms with Crippen LogP contribution in [0.25, 0.3) is 0 Å². The number of aromatic nitrogens is 1. The zero-order chi connectivity index (χ0) is 23.6. The summed E-state index contributed by atoms with van der Waals surface area (Å²) >= 11 is 0. The van der Waals surface area contributed by atoms with Gasteiger partial charge in [0.05, 0.1) is 13.2 Å². The van der Waals surface area contributed by atoms with Gasteiger partial charge in [-0.15, -0.1) is 0 Å². The van der Waals surface area contributed by atoms with Gasteiger partial charge in [0.15, 0.2) is 0 Å². The normalized spacial score (nSPS) is 19.1. The molecule has 0 unspecified atom stereocenters. The van der Waals surface area contributed by atoms with Crippen molar-refractivity contribution >= 4 is 12.0 Å². The molecule has 2 aliphatic rings. The third kappa shape index (κ3) is 7.67. The molecule has 8 heteroatoms. The zero-order valence-electron chi connectivity index (χ0n) is 20.3. The Kier molecular flexibility index (Phi) is 9.94. The molecule has 1 saturated carbocycles. The van der Waals surface area contributed by atoms with Gasteiger partial charge < -0.3 is 24.4 Å². The van der Waals surface area contributed by atoms with Crippen molar-refractivity contribution in [3.8, 4) is 0 Å². The van der Waals surface area contributed by atoms with Gasteiger partial charge in [-0.3, -0.25) is 9.78 Å². The molecule has 1 saturated heterocycles. The van der Waals surface area contributed by atoms with Crippen LogP contribution in [-0.2, 0) is 31.8 Å². The third-order valence-electron chi connectivity index (χ3n) is 6.35. The summed E-state index contributed by atoms with van der Waals surface area (Å²) < 4.78 is 15.7. The lowest BCUT2D eigenvalue weighted by molar-refractivity contribution is -0.149. The summed E-state index contributed by atoms with van der Waals surface area (Å²) in [7, 11) is 3.07. The van der Waals surface area contributed by atoms with E-state index in [1.54, 1.807) is 7.11 Å². The van der Waals surface area contributed by atoms with E-state index in [4.69, 9.17) is 14.5 Å². The van der Waals surface area contributed by atoms with Crippen LogP contribution in [0.1, 0.15) is 74.9 Å². The molecular weight excluding hydrogens is 422 g/mol. The number of hydrogen-bond acceptors (Lipinski definition) is 6. The molecule has 33 heavy (non-hydrogen) atoms. The van der Waals surface area contributed by atoms with Crippen molar-refractivity contribution in [3.63, 3.8) is 0 Å². The van der Waals surface area contributed by atoms with E-state index in [9.17, 15) is 9.59 Å². The molecule has 0 radical (unpaired) electrons. The number of nitrogens with zero attached hydrogens (tertiary/aromatic N) is 2. The number of ether oxygens (including phenoxy) is 3. The standard InChI is InChI=1S/C25H39N3O5/c1-18(28(22-11-12-22)24(29)23-10-4-5-15-33-23)19-16-20(8-6-13-26-25(30)32-3)27-21(17-19)9-7-14-31-2/h16-18,22-23H,4-15H2,1-3H3,(H,26,30)/t18-,23-/m1/s1. The first-order valence-electron chi connectivity index (χ1n) is 12.3. The Labute approximate surface area is 197 Å². The molecule has 2 atom stereocenters. The fraction of sp³-hybridized carbons (Fsp3) is 0.720. The van der Waals surface area contributed by atoms with Gasteiger partial charge in [0.2, 0.25) is 0 Å². The minimum absolute atomic E-state index is 0.0355. The number of carbonyl (C=O) groups is 2. The van der Waals surface area contributed by atoms with Crippen LogP contribution in [0, 0.1) is 0 Å². The summed E-state index contributed by atoms with van der Waals surface area (Å²) in [6, 6.07) is 4.52. The maximum atomic E-state index is 13.4. The van der Waals surface area contributed by atoms with Crippen LogP contribution in [0.3, 0.4) is 0 Å². The molecule has 1 aliphatic carbocycles. The van der Waals surface area contributed by atoms with Gasteiger partial charge in [0, 0.05) is 44.3 Å². The minimum atomic E-state index is -0.422. The number of carbonyl (C=O) groups excluding carboxylic acids is 2. The van der Waals surface area contributed by atoms with Crippen molar-refractivity contribution in [2.24, 2.45) is 0 Å². The maximum absolute atomic E-state index is 13.4. The van der Waals surface area contributed by atoms with Crippen molar-refractivity contribution in [2.75, 3.05) is 34.0 Å². The first-order chi connectivity index (χ1) is 16.0. The number of aryl methyl sites for hydroxylation is 2. The van der Waals surface area contributed by atoms with Crippen molar-refractivity contribution in [3.05, 3.63) is 29.1 Å². The average Bonchev–Trinajstić information content (AvgIpc) is 3.67. The molecule has 1 N–H and O–H groups in total. The van der Waals surface area contributed by atoms with Crippen molar-refractivity contribution in [1.29, 1.82) is 0 Å². The second-order valence-corrected chi connectivity index (χ2v) is 9.01. The third-order valence-corrected chi connectivity index (χ3v) is 6.35. The van der Waals surface area contributed by atoms with E-state index in [0.717, 1.165) is 74.7 Å². The van der Waals surface area contributed by atoms with Gasteiger partial charge in [0.25, 0.3) is 5.91 Å². The van der Waals surface area contributed by atoms with Gasteiger partial charge in [-0.25, -0.2) is 4.79 Å². The van der Waals surface area contributed by atoms with Crippen LogP contribution in [0.15, 0.2) is 12.1 Å². The summed E-state index contributed by atoms with van der Waals surface area (Å²) in [5.74, 6) is 0.131. The Hall–Kier alpha value is -2.19. The number of methoxy groups -OCH3 is 2. The van der Waals surface area contributed by atoms with E-state index in [-0.39, 0.29) is 18.1 Å². The summed E-state index contributed by atoms with van der Waals surface area (Å²) in [4.78, 5) is 31.6. The van der Waals surface area contributed by atoms with Crippen molar-refractivity contribution in [2.45, 2.75) is 82.9 Å². The molecule has 0 aromatic carbocycles. The predicted molar refractivity (Wildman–Crippen MR) is 125 cm³/mol. The summed E-state index contributed by atoms with van der Waals surface area (Å²) in [6.45, 7) is 4.01. The Morgan fingerprint density at radius 2 is 1.88 bits per heavy atom. The first kappa shape index (κ1) is 25.4. The van der Waals surface area contributed by atoms with E-state index in [2.05, 4.69) is 34.0 Å². The number of nitrogens with one attached hydrogen (secondary N) is 1. The van der Waals surface area contributed by atoms with Crippen LogP contribution < -0.4 is 5.32 Å². The quantitative estimate of drug-likeness (QED) is 0.479. The fourth-order valence-corrected chi connectivity index (χ4v) is 4.40.